The minimum atomic E-state index is -1.38. The zero-order chi connectivity index (χ0) is 43.5. The molecule has 0 radical (unpaired) electrons. The van der Waals surface area contributed by atoms with Crippen LogP contribution in [0.3, 0.4) is 0 Å². The fourth-order valence-corrected chi connectivity index (χ4v) is 7.56. The summed E-state index contributed by atoms with van der Waals surface area (Å²) in [6.45, 7) is 13.6. The number of carbonyl (C=O) groups excluding carboxylic acids is 7. The number of carbonyl (C=O) groups is 7. The van der Waals surface area contributed by atoms with Crippen LogP contribution in [0.1, 0.15) is 99.5 Å². The number of rotatable bonds is 9. The molecule has 7 atom stereocenters. The Balaban J connectivity index is 2.16. The molecule has 0 saturated carbocycles. The van der Waals surface area contributed by atoms with E-state index in [0.717, 1.165) is 5.56 Å². The number of hydrogen-bond acceptors (Lipinski definition) is 9. The summed E-state index contributed by atoms with van der Waals surface area (Å²) in [6, 6.07) is 4.87. The average molecular weight is 808 g/mol. The smallest absolute Gasteiger partial charge is 0.329 e. The van der Waals surface area contributed by atoms with Crippen LogP contribution in [0.4, 0.5) is 0 Å². The molecule has 1 aromatic rings. The van der Waals surface area contributed by atoms with Crippen LogP contribution in [0.25, 0.3) is 0 Å². The molecule has 0 aliphatic carbocycles. The number of amides is 5. The summed E-state index contributed by atoms with van der Waals surface area (Å²) in [4.78, 5) is 103. The standard InChI is InChI=1S/C44H65N5O9/c1-12-14-16-23-33-44(8,9)43(56)46-35(27(3)4)40(53)48(11)36(28(5)6)42(55)58-37(29(7)13-2)41(54)49-24-19-22-31(49)39(52)47(10)32(25-30-20-17-15-18-21-30)38(51)45-26-34(50)57-33/h1,15,17-18,20-21,27-29,31-33,35-37H,13-14,16,19,22-26H2,2-11H3,(H,45,51)(H,46,56)/t29-,31-,32?,33+,35-,36?,37?/m1/s1. The first-order chi connectivity index (χ1) is 27.3. The third-order valence-electron chi connectivity index (χ3n) is 11.6. The molecular weight excluding hydrogens is 743 g/mol. The molecule has 0 spiro atoms. The van der Waals surface area contributed by atoms with Crippen LogP contribution in [0.2, 0.25) is 0 Å². The molecule has 3 unspecified atom stereocenters. The van der Waals surface area contributed by atoms with Gasteiger partial charge in [0.2, 0.25) is 23.6 Å². The first-order valence-electron chi connectivity index (χ1n) is 20.6. The van der Waals surface area contributed by atoms with Gasteiger partial charge in [0.1, 0.15) is 36.8 Å². The van der Waals surface area contributed by atoms with Gasteiger partial charge in [0, 0.05) is 39.4 Å². The maximum absolute atomic E-state index is 14.4. The van der Waals surface area contributed by atoms with E-state index in [0.29, 0.717) is 32.1 Å². The molecule has 2 N–H and O–H groups in total. The van der Waals surface area contributed by atoms with Crippen LogP contribution >= 0.6 is 0 Å². The van der Waals surface area contributed by atoms with Gasteiger partial charge in [-0.15, -0.1) is 12.3 Å². The van der Waals surface area contributed by atoms with Crippen LogP contribution in [0.5, 0.6) is 0 Å². The molecule has 58 heavy (non-hydrogen) atoms. The van der Waals surface area contributed by atoms with Crippen LogP contribution in [0, 0.1) is 35.5 Å². The molecule has 14 nitrogen and oxygen atoms in total. The summed E-state index contributed by atoms with van der Waals surface area (Å²) >= 11 is 0. The second-order valence-electron chi connectivity index (χ2n) is 16.9. The fraction of sp³-hybridized carbons (Fsp3) is 0.659. The van der Waals surface area contributed by atoms with Gasteiger partial charge in [0.15, 0.2) is 6.10 Å². The lowest BCUT2D eigenvalue weighted by molar-refractivity contribution is -0.172. The predicted molar refractivity (Wildman–Crippen MR) is 218 cm³/mol. The molecule has 320 valence electrons. The number of fused-ring (bicyclic) bond motifs is 1. The Bertz CT molecular complexity index is 1670. The highest BCUT2D eigenvalue weighted by molar-refractivity contribution is 5.96. The van der Waals surface area contributed by atoms with Crippen molar-refractivity contribution in [3.05, 3.63) is 35.9 Å². The van der Waals surface area contributed by atoms with E-state index in [-0.39, 0.29) is 19.4 Å². The summed E-state index contributed by atoms with van der Waals surface area (Å²) in [7, 11) is 2.96. The van der Waals surface area contributed by atoms with Crippen LogP contribution in [-0.2, 0) is 49.5 Å². The van der Waals surface area contributed by atoms with Gasteiger partial charge in [-0.3, -0.25) is 28.8 Å². The van der Waals surface area contributed by atoms with E-state index in [2.05, 4.69) is 16.6 Å². The largest absolute Gasteiger partial charge is 0.460 e. The molecule has 1 aromatic carbocycles. The van der Waals surface area contributed by atoms with E-state index >= 15 is 0 Å². The third kappa shape index (κ3) is 11.6. The minimum absolute atomic E-state index is 0.111. The predicted octanol–water partition coefficient (Wildman–Crippen LogP) is 3.50. The highest BCUT2D eigenvalue weighted by atomic mass is 16.6. The Morgan fingerprint density at radius 3 is 2.14 bits per heavy atom. The lowest BCUT2D eigenvalue weighted by Crippen LogP contribution is -2.59. The summed E-state index contributed by atoms with van der Waals surface area (Å²) in [5, 5.41) is 5.50. The number of esters is 2. The molecule has 2 aliphatic rings. The zero-order valence-electron chi connectivity index (χ0n) is 36.0. The number of cyclic esters (lactones) is 2. The normalized spacial score (nSPS) is 26.5. The van der Waals surface area contributed by atoms with Crippen molar-refractivity contribution in [2.24, 2.45) is 23.2 Å². The van der Waals surface area contributed by atoms with Crippen molar-refractivity contribution in [2.45, 2.75) is 137 Å². The zero-order valence-corrected chi connectivity index (χ0v) is 36.0. The first kappa shape index (κ1) is 47.4. The van der Waals surface area contributed by atoms with Crippen molar-refractivity contribution >= 4 is 41.5 Å². The third-order valence-corrected chi connectivity index (χ3v) is 11.6. The molecule has 2 aliphatic heterocycles. The van der Waals surface area contributed by atoms with Crippen LogP contribution in [0.15, 0.2) is 30.3 Å². The van der Waals surface area contributed by atoms with Crippen molar-refractivity contribution in [2.75, 3.05) is 27.2 Å². The molecule has 14 heteroatoms. The van der Waals surface area contributed by atoms with E-state index in [4.69, 9.17) is 15.9 Å². The second-order valence-corrected chi connectivity index (χ2v) is 16.9. The highest BCUT2D eigenvalue weighted by Gasteiger charge is 2.46. The van der Waals surface area contributed by atoms with Gasteiger partial charge >= 0.3 is 11.9 Å². The Labute approximate surface area is 344 Å². The number of nitrogens with zero attached hydrogens (tertiary/aromatic N) is 3. The number of likely N-dealkylation sites (N-methyl/N-ethyl adjacent to an activating group) is 2. The van der Waals surface area contributed by atoms with Gasteiger partial charge in [-0.1, -0.05) is 71.9 Å². The Kier molecular flexibility index (Phi) is 17.3. The number of ether oxygens (including phenoxy) is 2. The van der Waals surface area contributed by atoms with Crippen molar-refractivity contribution in [1.82, 2.24) is 25.3 Å². The lowest BCUT2D eigenvalue weighted by Gasteiger charge is -2.38. The van der Waals surface area contributed by atoms with Crippen molar-refractivity contribution in [1.29, 1.82) is 0 Å². The number of terminal acetylenes is 1. The highest BCUT2D eigenvalue weighted by Crippen LogP contribution is 2.30. The van der Waals surface area contributed by atoms with Gasteiger partial charge in [-0.25, -0.2) is 4.79 Å². The van der Waals surface area contributed by atoms with Crippen molar-refractivity contribution in [3.63, 3.8) is 0 Å². The Hall–Kier alpha value is -4.93. The van der Waals surface area contributed by atoms with Crippen molar-refractivity contribution in [3.8, 4) is 12.3 Å². The van der Waals surface area contributed by atoms with E-state index in [9.17, 15) is 33.6 Å². The van der Waals surface area contributed by atoms with E-state index < -0.39 is 108 Å². The van der Waals surface area contributed by atoms with Gasteiger partial charge in [0.25, 0.3) is 5.91 Å². The van der Waals surface area contributed by atoms with Gasteiger partial charge in [-0.05, 0) is 63.4 Å². The summed E-state index contributed by atoms with van der Waals surface area (Å²) in [6.07, 6.45) is 5.66. The lowest BCUT2D eigenvalue weighted by atomic mass is 9.82. The molecule has 2 heterocycles. The summed E-state index contributed by atoms with van der Waals surface area (Å²) < 4.78 is 12.0. The van der Waals surface area contributed by atoms with Gasteiger partial charge < -0.3 is 34.8 Å². The SMILES string of the molecule is C#CCCC[C@@H]1OC(=O)CNC(=O)C(Cc2ccccc2)N(C)C(=O)[C@H]2CCCN2C(=O)C([C@H](C)CC)OC(=O)C(C(C)C)N(C)C(=O)[C@@H](C(C)C)NC(=O)C1(C)C. The Morgan fingerprint density at radius 2 is 1.55 bits per heavy atom. The Morgan fingerprint density at radius 1 is 0.897 bits per heavy atom. The van der Waals surface area contributed by atoms with Gasteiger partial charge in [-0.2, -0.15) is 0 Å². The molecule has 3 rings (SSSR count). The van der Waals surface area contributed by atoms with E-state index in [1.54, 1.807) is 48.5 Å². The average Bonchev–Trinajstić information content (AvgIpc) is 3.68. The molecule has 2 fully saturated rings. The maximum atomic E-state index is 14.4. The van der Waals surface area contributed by atoms with Crippen molar-refractivity contribution < 1.29 is 43.0 Å². The van der Waals surface area contributed by atoms with Gasteiger partial charge in [0.05, 0.1) is 5.41 Å². The number of hydrogen-bond donors (Lipinski definition) is 2. The number of nitrogens with one attached hydrogen (secondary N) is 2. The minimum Gasteiger partial charge on any atom is -0.460 e. The summed E-state index contributed by atoms with van der Waals surface area (Å²) in [5.41, 5.74) is -0.619. The fourth-order valence-electron chi connectivity index (χ4n) is 7.56. The number of benzene rings is 1. The molecule has 5 amide bonds. The van der Waals surface area contributed by atoms with E-state index in [1.807, 2.05) is 37.3 Å². The molecule has 0 bridgehead atoms. The second kappa shape index (κ2) is 21.2. The van der Waals surface area contributed by atoms with Crippen LogP contribution < -0.4 is 10.6 Å². The maximum Gasteiger partial charge on any atom is 0.329 e. The topological polar surface area (TPSA) is 172 Å². The van der Waals surface area contributed by atoms with Crippen LogP contribution in [-0.4, -0.2) is 120 Å². The summed E-state index contributed by atoms with van der Waals surface area (Å²) in [5.74, 6) is -3.14. The van der Waals surface area contributed by atoms with E-state index in [1.165, 1.54) is 28.8 Å². The molecule has 0 aromatic heterocycles. The first-order valence-corrected chi connectivity index (χ1v) is 20.6. The molecular formula is C44H65N5O9. The molecule has 2 saturated heterocycles. The monoisotopic (exact) mass is 807 g/mol. The quantitative estimate of drug-likeness (QED) is 0.215. The number of unbranched alkanes of at least 4 members (excludes halogenated alkanes) is 1.